The first-order valence-corrected chi connectivity index (χ1v) is 7.80. The second kappa shape index (κ2) is 6.89. The van der Waals surface area contributed by atoms with Crippen LogP contribution in [0.25, 0.3) is 0 Å². The summed E-state index contributed by atoms with van der Waals surface area (Å²) in [6.45, 7) is 13.4. The molecule has 0 aliphatic rings. The summed E-state index contributed by atoms with van der Waals surface area (Å²) in [4.78, 5) is 0. The quantitative estimate of drug-likeness (QED) is 0.797. The molecule has 21 heavy (non-hydrogen) atoms. The Morgan fingerprint density at radius 3 is 2.62 bits per heavy atom. The zero-order valence-corrected chi connectivity index (χ0v) is 13.8. The predicted molar refractivity (Wildman–Crippen MR) is 85.4 cm³/mol. The molecular weight excluding hydrogens is 262 g/mol. The van der Waals surface area contributed by atoms with Gasteiger partial charge >= 0.3 is 0 Å². The molecule has 5 nitrogen and oxygen atoms in total. The highest BCUT2D eigenvalue weighted by Crippen LogP contribution is 2.14. The first kappa shape index (κ1) is 15.8. The van der Waals surface area contributed by atoms with Crippen LogP contribution in [0.2, 0.25) is 0 Å². The van der Waals surface area contributed by atoms with E-state index in [1.54, 1.807) is 0 Å². The van der Waals surface area contributed by atoms with Gasteiger partial charge in [-0.25, -0.2) is 0 Å². The lowest BCUT2D eigenvalue weighted by molar-refractivity contribution is 0.519. The Bertz CT molecular complexity index is 580. The first-order chi connectivity index (χ1) is 10.0. The van der Waals surface area contributed by atoms with Crippen molar-refractivity contribution >= 4 is 0 Å². The molecule has 2 aromatic heterocycles. The summed E-state index contributed by atoms with van der Waals surface area (Å²) in [5.41, 5.74) is 4.71. The largest absolute Gasteiger partial charge is 0.313 e. The van der Waals surface area contributed by atoms with Crippen molar-refractivity contribution in [2.24, 2.45) is 0 Å². The first-order valence-electron chi connectivity index (χ1n) is 7.80. The van der Waals surface area contributed by atoms with Crippen LogP contribution < -0.4 is 5.32 Å². The molecule has 116 valence electrons. The summed E-state index contributed by atoms with van der Waals surface area (Å²) < 4.78 is 4.05. The van der Waals surface area contributed by atoms with Gasteiger partial charge in [-0.1, -0.05) is 6.92 Å². The summed E-state index contributed by atoms with van der Waals surface area (Å²) in [6, 6.07) is 2.47. The predicted octanol–water partition coefficient (Wildman–Crippen LogP) is 2.83. The monoisotopic (exact) mass is 289 g/mol. The molecule has 2 heterocycles. The third-order valence-electron chi connectivity index (χ3n) is 3.76. The van der Waals surface area contributed by atoms with Crippen molar-refractivity contribution < 1.29 is 0 Å². The second-order valence-corrected chi connectivity index (χ2v) is 5.86. The van der Waals surface area contributed by atoms with Gasteiger partial charge in [-0.05, 0) is 46.7 Å². The van der Waals surface area contributed by atoms with Crippen molar-refractivity contribution in [1.29, 1.82) is 0 Å². The minimum Gasteiger partial charge on any atom is -0.313 e. The van der Waals surface area contributed by atoms with Crippen molar-refractivity contribution in [2.75, 3.05) is 6.54 Å². The minimum absolute atomic E-state index is 0.396. The van der Waals surface area contributed by atoms with E-state index in [1.165, 1.54) is 11.3 Å². The fourth-order valence-electron chi connectivity index (χ4n) is 2.44. The molecule has 2 rings (SSSR count). The fraction of sp³-hybridized carbons (Fsp3) is 0.625. The smallest absolute Gasteiger partial charge is 0.0853 e. The van der Waals surface area contributed by atoms with Crippen LogP contribution in [0.3, 0.4) is 0 Å². The third-order valence-corrected chi connectivity index (χ3v) is 3.76. The molecule has 0 spiro atoms. The van der Waals surface area contributed by atoms with Crippen LogP contribution in [-0.4, -0.2) is 26.1 Å². The van der Waals surface area contributed by atoms with Gasteiger partial charge in [0, 0.05) is 30.0 Å². The maximum Gasteiger partial charge on any atom is 0.0853 e. The molecule has 1 N–H and O–H groups in total. The van der Waals surface area contributed by atoms with Crippen LogP contribution in [0.1, 0.15) is 55.9 Å². The zero-order chi connectivity index (χ0) is 15.4. The van der Waals surface area contributed by atoms with E-state index < -0.39 is 0 Å². The Labute approximate surface area is 127 Å². The van der Waals surface area contributed by atoms with Gasteiger partial charge < -0.3 is 5.32 Å². The Kier molecular flexibility index (Phi) is 5.17. The Morgan fingerprint density at radius 1 is 1.24 bits per heavy atom. The van der Waals surface area contributed by atoms with Gasteiger partial charge in [0.15, 0.2) is 0 Å². The van der Waals surface area contributed by atoms with Crippen molar-refractivity contribution in [2.45, 2.75) is 60.2 Å². The summed E-state index contributed by atoms with van der Waals surface area (Å²) in [7, 11) is 0. The van der Waals surface area contributed by atoms with E-state index in [-0.39, 0.29) is 0 Å². The average Bonchev–Trinajstić information content (AvgIpc) is 2.99. The maximum atomic E-state index is 4.67. The molecule has 0 unspecified atom stereocenters. The standard InChI is InChI=1S/C16H27N5/c1-6-8-17-10-16-13(4)18-21(14(16)5)11-15-7-9-20(19-15)12(2)3/h7,9,12,17H,6,8,10-11H2,1-5H3. The van der Waals surface area contributed by atoms with Gasteiger partial charge in [0.2, 0.25) is 0 Å². The molecule has 2 aromatic rings. The molecule has 0 aliphatic carbocycles. The second-order valence-electron chi connectivity index (χ2n) is 5.86. The van der Waals surface area contributed by atoms with Crippen LogP contribution in [0.15, 0.2) is 12.3 Å². The molecule has 5 heteroatoms. The molecule has 0 saturated heterocycles. The Balaban J connectivity index is 2.11. The van der Waals surface area contributed by atoms with Gasteiger partial charge in [0.05, 0.1) is 17.9 Å². The number of rotatable bonds is 7. The number of nitrogens with zero attached hydrogens (tertiary/aromatic N) is 4. The van der Waals surface area contributed by atoms with E-state index in [2.05, 4.69) is 60.9 Å². The van der Waals surface area contributed by atoms with Crippen LogP contribution in [0.5, 0.6) is 0 Å². The summed E-state index contributed by atoms with van der Waals surface area (Å²) >= 11 is 0. The van der Waals surface area contributed by atoms with Crippen LogP contribution in [-0.2, 0) is 13.1 Å². The number of hydrogen-bond donors (Lipinski definition) is 1. The van der Waals surface area contributed by atoms with E-state index in [9.17, 15) is 0 Å². The van der Waals surface area contributed by atoms with Crippen molar-refractivity contribution in [3.8, 4) is 0 Å². The van der Waals surface area contributed by atoms with Gasteiger partial charge in [-0.15, -0.1) is 0 Å². The third kappa shape index (κ3) is 3.73. The number of aryl methyl sites for hydroxylation is 1. The van der Waals surface area contributed by atoms with Gasteiger partial charge in [-0.3, -0.25) is 9.36 Å². The van der Waals surface area contributed by atoms with E-state index in [0.29, 0.717) is 6.04 Å². The number of aromatic nitrogens is 4. The molecule has 0 aromatic carbocycles. The Morgan fingerprint density at radius 2 is 2.00 bits per heavy atom. The van der Waals surface area contributed by atoms with Crippen LogP contribution >= 0.6 is 0 Å². The van der Waals surface area contributed by atoms with E-state index in [0.717, 1.165) is 37.4 Å². The molecule has 0 fully saturated rings. The highest BCUT2D eigenvalue weighted by molar-refractivity contribution is 5.25. The zero-order valence-electron chi connectivity index (χ0n) is 13.8. The highest BCUT2D eigenvalue weighted by Gasteiger charge is 2.12. The molecule has 0 bridgehead atoms. The molecule has 0 radical (unpaired) electrons. The number of hydrogen-bond acceptors (Lipinski definition) is 3. The number of nitrogens with one attached hydrogen (secondary N) is 1. The van der Waals surface area contributed by atoms with E-state index >= 15 is 0 Å². The molecule has 0 amide bonds. The summed E-state index contributed by atoms with van der Waals surface area (Å²) in [6.07, 6.45) is 3.19. The topological polar surface area (TPSA) is 47.7 Å². The fourth-order valence-corrected chi connectivity index (χ4v) is 2.44. The van der Waals surface area contributed by atoms with Crippen molar-refractivity contribution in [1.82, 2.24) is 24.9 Å². The lowest BCUT2D eigenvalue weighted by Crippen LogP contribution is -2.15. The van der Waals surface area contributed by atoms with E-state index in [1.807, 2.05) is 10.9 Å². The normalized spacial score (nSPS) is 11.5. The molecule has 0 aliphatic heterocycles. The highest BCUT2D eigenvalue weighted by atomic mass is 15.3. The molecule has 0 saturated carbocycles. The summed E-state index contributed by atoms with van der Waals surface area (Å²) in [5.74, 6) is 0. The van der Waals surface area contributed by atoms with Gasteiger partial charge in [0.25, 0.3) is 0 Å². The Hall–Kier alpha value is -1.62. The SMILES string of the molecule is CCCNCc1c(C)nn(Cc2ccn(C(C)C)n2)c1C. The van der Waals surface area contributed by atoms with Crippen LogP contribution in [0.4, 0.5) is 0 Å². The van der Waals surface area contributed by atoms with Crippen molar-refractivity contribution in [3.63, 3.8) is 0 Å². The maximum absolute atomic E-state index is 4.67. The lowest BCUT2D eigenvalue weighted by Gasteiger charge is -2.06. The van der Waals surface area contributed by atoms with E-state index in [4.69, 9.17) is 0 Å². The van der Waals surface area contributed by atoms with Crippen molar-refractivity contribution in [3.05, 3.63) is 34.9 Å². The van der Waals surface area contributed by atoms with Gasteiger partial charge in [0.1, 0.15) is 0 Å². The average molecular weight is 289 g/mol. The lowest BCUT2D eigenvalue weighted by atomic mass is 10.2. The van der Waals surface area contributed by atoms with Crippen LogP contribution in [0, 0.1) is 13.8 Å². The molecule has 0 atom stereocenters. The minimum atomic E-state index is 0.396. The molecular formula is C16H27N5. The summed E-state index contributed by atoms with van der Waals surface area (Å²) in [5, 5.41) is 12.7. The van der Waals surface area contributed by atoms with Gasteiger partial charge in [-0.2, -0.15) is 10.2 Å².